The molecule has 70 valence electrons. The lowest BCUT2D eigenvalue weighted by Gasteiger charge is -1.96. The summed E-state index contributed by atoms with van der Waals surface area (Å²) in [6.45, 7) is 0.704. The first-order chi connectivity index (χ1) is 5.89. The largest absolute Gasteiger partial charge is 0.508 e. The maximum Gasteiger partial charge on any atom is 0.508 e. The van der Waals surface area contributed by atoms with Gasteiger partial charge in [0, 0.05) is 0 Å². The van der Waals surface area contributed by atoms with Crippen LogP contribution in [-0.4, -0.2) is 12.8 Å². The predicted octanol–water partition coefficient (Wildman–Crippen LogP) is 3.49. The molecule has 1 unspecified atom stereocenters. The molecule has 1 heterocycles. The third kappa shape index (κ3) is 4.84. The summed E-state index contributed by atoms with van der Waals surface area (Å²) in [6, 6.07) is 0. The molecule has 0 N–H and O–H groups in total. The normalized spacial score (nSPS) is 26.2. The van der Waals surface area contributed by atoms with Crippen molar-refractivity contribution in [3.8, 4) is 0 Å². The van der Waals surface area contributed by atoms with Crippen LogP contribution in [0.3, 0.4) is 0 Å². The summed E-state index contributed by atoms with van der Waals surface area (Å²) in [5.41, 5.74) is 0. The smallest absolute Gasteiger partial charge is 0.146 e. The maximum absolute atomic E-state index is 11.1. The number of hydrogen-bond acceptors (Lipinski definition) is 2. The molecule has 1 aliphatic heterocycles. The number of rotatable bonds is 0. The SMILES string of the molecule is O=[P+]1CCCCCCCCCO1. The van der Waals surface area contributed by atoms with Crippen LogP contribution < -0.4 is 0 Å². The van der Waals surface area contributed by atoms with Crippen LogP contribution in [0.2, 0.25) is 0 Å². The van der Waals surface area contributed by atoms with Crippen molar-refractivity contribution in [2.75, 3.05) is 12.8 Å². The van der Waals surface area contributed by atoms with Gasteiger partial charge in [0.25, 0.3) is 0 Å². The molecule has 0 aromatic rings. The first kappa shape index (κ1) is 10.1. The second-order valence-electron chi connectivity index (χ2n) is 3.36. The van der Waals surface area contributed by atoms with Gasteiger partial charge in [-0.2, -0.15) is 0 Å². The van der Waals surface area contributed by atoms with Crippen molar-refractivity contribution in [2.45, 2.75) is 44.9 Å². The molecule has 0 aromatic heterocycles. The van der Waals surface area contributed by atoms with Gasteiger partial charge in [0.15, 0.2) is 6.16 Å². The molecule has 1 fully saturated rings. The van der Waals surface area contributed by atoms with Crippen LogP contribution in [0.15, 0.2) is 0 Å². The quantitative estimate of drug-likeness (QED) is 0.545. The van der Waals surface area contributed by atoms with Crippen LogP contribution in [0, 0.1) is 0 Å². The zero-order valence-electron chi connectivity index (χ0n) is 7.63. The van der Waals surface area contributed by atoms with E-state index in [0.717, 1.165) is 19.0 Å². The molecule has 2 nitrogen and oxygen atoms in total. The molecule has 1 atom stereocenters. The van der Waals surface area contributed by atoms with Crippen molar-refractivity contribution in [3.05, 3.63) is 0 Å². The highest BCUT2D eigenvalue weighted by Crippen LogP contribution is 2.25. The van der Waals surface area contributed by atoms with Crippen molar-refractivity contribution in [3.63, 3.8) is 0 Å². The summed E-state index contributed by atoms with van der Waals surface area (Å²) < 4.78 is 16.3. The van der Waals surface area contributed by atoms with Crippen LogP contribution in [0.4, 0.5) is 0 Å². The van der Waals surface area contributed by atoms with E-state index in [1.54, 1.807) is 0 Å². The molecule has 0 amide bonds. The van der Waals surface area contributed by atoms with E-state index >= 15 is 0 Å². The van der Waals surface area contributed by atoms with Gasteiger partial charge in [-0.25, -0.2) is 0 Å². The summed E-state index contributed by atoms with van der Waals surface area (Å²) in [6.07, 6.45) is 9.37. The van der Waals surface area contributed by atoms with E-state index in [4.69, 9.17) is 4.52 Å². The van der Waals surface area contributed by atoms with Gasteiger partial charge in [0.2, 0.25) is 0 Å². The topological polar surface area (TPSA) is 26.3 Å². The Hall–Kier alpha value is 0.0600. The zero-order valence-corrected chi connectivity index (χ0v) is 8.52. The average molecular weight is 189 g/mol. The minimum absolute atomic E-state index is 0.704. The molecule has 1 rings (SSSR count). The highest BCUT2D eigenvalue weighted by molar-refractivity contribution is 7.39. The molecule has 0 radical (unpaired) electrons. The van der Waals surface area contributed by atoms with Gasteiger partial charge in [-0.05, 0) is 23.8 Å². The van der Waals surface area contributed by atoms with Crippen molar-refractivity contribution < 1.29 is 9.09 Å². The Morgan fingerprint density at radius 3 is 2.17 bits per heavy atom. The molecule has 0 spiro atoms. The third-order valence-corrected chi connectivity index (χ3v) is 3.37. The van der Waals surface area contributed by atoms with Crippen LogP contribution in [0.25, 0.3) is 0 Å². The fourth-order valence-corrected chi connectivity index (χ4v) is 2.40. The van der Waals surface area contributed by atoms with Crippen LogP contribution in [0.1, 0.15) is 44.9 Å². The Morgan fingerprint density at radius 2 is 1.42 bits per heavy atom. The summed E-state index contributed by atoms with van der Waals surface area (Å²) in [5.74, 6) is 0. The fraction of sp³-hybridized carbons (Fsp3) is 1.00. The molecule has 12 heavy (non-hydrogen) atoms. The van der Waals surface area contributed by atoms with Crippen molar-refractivity contribution in [1.82, 2.24) is 0 Å². The monoisotopic (exact) mass is 189 g/mol. The van der Waals surface area contributed by atoms with Gasteiger partial charge < -0.3 is 0 Å². The molecular weight excluding hydrogens is 171 g/mol. The first-order valence-corrected chi connectivity index (χ1v) is 6.33. The molecule has 3 heteroatoms. The summed E-state index contributed by atoms with van der Waals surface area (Å²) >= 11 is 0. The van der Waals surface area contributed by atoms with Crippen molar-refractivity contribution >= 4 is 8.03 Å². The Morgan fingerprint density at radius 1 is 0.833 bits per heavy atom. The maximum atomic E-state index is 11.1. The summed E-state index contributed by atoms with van der Waals surface area (Å²) in [4.78, 5) is 0. The van der Waals surface area contributed by atoms with Gasteiger partial charge in [0.1, 0.15) is 6.61 Å². The van der Waals surface area contributed by atoms with Gasteiger partial charge in [-0.1, -0.05) is 25.7 Å². The second-order valence-corrected chi connectivity index (χ2v) is 4.74. The molecule has 0 saturated carbocycles. The Labute approximate surface area is 75.6 Å². The van der Waals surface area contributed by atoms with E-state index < -0.39 is 8.03 Å². The fourth-order valence-electron chi connectivity index (χ4n) is 1.46. The van der Waals surface area contributed by atoms with E-state index in [9.17, 15) is 4.57 Å². The molecule has 1 aliphatic rings. The molecule has 0 aliphatic carbocycles. The van der Waals surface area contributed by atoms with Crippen molar-refractivity contribution in [1.29, 1.82) is 0 Å². The highest BCUT2D eigenvalue weighted by atomic mass is 31.1. The minimum Gasteiger partial charge on any atom is -0.146 e. The lowest BCUT2D eigenvalue weighted by atomic mass is 10.1. The van der Waals surface area contributed by atoms with E-state index in [1.807, 2.05) is 0 Å². The van der Waals surface area contributed by atoms with Gasteiger partial charge in [0.05, 0.1) is 0 Å². The lowest BCUT2D eigenvalue weighted by Crippen LogP contribution is -1.87. The zero-order chi connectivity index (χ0) is 8.65. The Balaban J connectivity index is 2.17. The Kier molecular flexibility index (Phi) is 5.55. The summed E-state index contributed by atoms with van der Waals surface area (Å²) in [5, 5.41) is 0. The molecule has 0 aromatic carbocycles. The standard InChI is InChI=1S/C9H18O2P/c10-12-9-7-5-3-1-2-4-6-8-11-12/h1-9H2/q+1. The van der Waals surface area contributed by atoms with E-state index in [0.29, 0.717) is 6.61 Å². The van der Waals surface area contributed by atoms with E-state index in [-0.39, 0.29) is 0 Å². The van der Waals surface area contributed by atoms with Gasteiger partial charge >= 0.3 is 8.03 Å². The van der Waals surface area contributed by atoms with Crippen LogP contribution in [0.5, 0.6) is 0 Å². The second kappa shape index (κ2) is 6.56. The third-order valence-electron chi connectivity index (χ3n) is 2.22. The van der Waals surface area contributed by atoms with Crippen molar-refractivity contribution in [2.24, 2.45) is 0 Å². The average Bonchev–Trinajstić information content (AvgIpc) is 2.11. The molecule has 1 saturated heterocycles. The van der Waals surface area contributed by atoms with E-state index in [2.05, 4.69) is 0 Å². The van der Waals surface area contributed by atoms with Gasteiger partial charge in [-0.3, -0.25) is 0 Å². The first-order valence-electron chi connectivity index (χ1n) is 4.97. The predicted molar refractivity (Wildman–Crippen MR) is 50.7 cm³/mol. The van der Waals surface area contributed by atoms with Crippen LogP contribution in [-0.2, 0) is 9.09 Å². The van der Waals surface area contributed by atoms with Crippen LogP contribution >= 0.6 is 8.03 Å². The lowest BCUT2D eigenvalue weighted by molar-refractivity contribution is 0.317. The molecule has 0 bridgehead atoms. The van der Waals surface area contributed by atoms with Gasteiger partial charge in [-0.15, -0.1) is 4.52 Å². The highest BCUT2D eigenvalue weighted by Gasteiger charge is 2.16. The van der Waals surface area contributed by atoms with E-state index in [1.165, 1.54) is 32.1 Å². The minimum atomic E-state index is -1.33. The molecular formula is C9H18O2P+. The number of hydrogen-bond donors (Lipinski definition) is 0. The summed E-state index contributed by atoms with van der Waals surface area (Å²) in [7, 11) is -1.33. The Bertz CT molecular complexity index is 122.